The van der Waals surface area contributed by atoms with Crippen molar-refractivity contribution in [1.29, 1.82) is 0 Å². The van der Waals surface area contributed by atoms with Crippen LogP contribution in [0.25, 0.3) is 5.69 Å². The number of primary amides is 1. The second-order valence-electron chi connectivity index (χ2n) is 4.03. The monoisotopic (exact) mass is 274 g/mol. The molecular weight excluding hydrogens is 260 g/mol. The predicted molar refractivity (Wildman–Crippen MR) is 72.5 cm³/mol. The number of benzene rings is 1. The lowest BCUT2D eigenvalue weighted by Crippen LogP contribution is -2.12. The second-order valence-corrected chi connectivity index (χ2v) is 4.03. The number of nitrogen functional groups attached to an aromatic ring is 1. The molecule has 1 aromatic carbocycles. The van der Waals surface area contributed by atoms with Crippen LogP contribution in [0.2, 0.25) is 0 Å². The maximum atomic E-state index is 11.5. The number of nitrogens with zero attached hydrogens (tertiary/aromatic N) is 2. The maximum Gasteiger partial charge on any atom is 0.341 e. The number of hydrogen-bond donors (Lipinski definition) is 2. The molecule has 0 atom stereocenters. The van der Waals surface area contributed by atoms with Gasteiger partial charge in [-0.3, -0.25) is 4.79 Å². The van der Waals surface area contributed by atoms with Crippen LogP contribution in [0, 0.1) is 0 Å². The standard InChI is InChI=1S/C13H14N4O3/c1-2-20-13(19)9-6-16-17(7-9)11-4-3-8(12(15)18)5-10(11)14/h3-7H,2,14H2,1H3,(H2,15,18). The predicted octanol–water partition coefficient (Wildman–Crippen LogP) is 0.730. The van der Waals surface area contributed by atoms with Crippen molar-refractivity contribution in [2.45, 2.75) is 6.92 Å². The molecule has 0 aliphatic heterocycles. The zero-order valence-corrected chi connectivity index (χ0v) is 10.9. The summed E-state index contributed by atoms with van der Waals surface area (Å²) in [6.07, 6.45) is 2.90. The summed E-state index contributed by atoms with van der Waals surface area (Å²) in [6.45, 7) is 2.02. The Labute approximate surface area is 115 Å². The number of rotatable bonds is 4. The average molecular weight is 274 g/mol. The number of carbonyl (C=O) groups is 2. The number of amides is 1. The normalized spacial score (nSPS) is 10.2. The summed E-state index contributed by atoms with van der Waals surface area (Å²) in [5.74, 6) is -1.01. The Balaban J connectivity index is 2.33. The van der Waals surface area contributed by atoms with Crippen molar-refractivity contribution in [1.82, 2.24) is 9.78 Å². The molecule has 0 radical (unpaired) electrons. The van der Waals surface area contributed by atoms with E-state index < -0.39 is 11.9 Å². The molecule has 0 aliphatic rings. The first-order valence-corrected chi connectivity index (χ1v) is 5.94. The molecule has 1 amide bonds. The zero-order valence-electron chi connectivity index (χ0n) is 10.9. The topological polar surface area (TPSA) is 113 Å². The van der Waals surface area contributed by atoms with Gasteiger partial charge in [-0.15, -0.1) is 0 Å². The second kappa shape index (κ2) is 5.43. The summed E-state index contributed by atoms with van der Waals surface area (Å²) in [5, 5.41) is 4.04. The Morgan fingerprint density at radius 3 is 2.70 bits per heavy atom. The van der Waals surface area contributed by atoms with Gasteiger partial charge in [0.05, 0.1) is 29.7 Å². The van der Waals surface area contributed by atoms with Gasteiger partial charge >= 0.3 is 5.97 Å². The highest BCUT2D eigenvalue weighted by Gasteiger charge is 2.12. The summed E-state index contributed by atoms with van der Waals surface area (Å²) >= 11 is 0. The van der Waals surface area contributed by atoms with E-state index in [4.69, 9.17) is 16.2 Å². The Hall–Kier alpha value is -2.83. The van der Waals surface area contributed by atoms with Gasteiger partial charge in [-0.1, -0.05) is 0 Å². The van der Waals surface area contributed by atoms with Crippen LogP contribution in [0.1, 0.15) is 27.6 Å². The molecule has 0 saturated carbocycles. The van der Waals surface area contributed by atoms with Gasteiger partial charge in [0.2, 0.25) is 5.91 Å². The van der Waals surface area contributed by atoms with E-state index in [2.05, 4.69) is 5.10 Å². The van der Waals surface area contributed by atoms with E-state index in [0.29, 0.717) is 29.1 Å². The average Bonchev–Trinajstić information content (AvgIpc) is 2.88. The molecule has 2 rings (SSSR count). The summed E-state index contributed by atoms with van der Waals surface area (Å²) in [6, 6.07) is 4.61. The number of anilines is 1. The zero-order chi connectivity index (χ0) is 14.7. The van der Waals surface area contributed by atoms with Gasteiger partial charge in [-0.05, 0) is 25.1 Å². The lowest BCUT2D eigenvalue weighted by Gasteiger charge is -2.06. The van der Waals surface area contributed by atoms with Crippen molar-refractivity contribution in [3.63, 3.8) is 0 Å². The molecule has 1 heterocycles. The molecule has 4 N–H and O–H groups in total. The lowest BCUT2D eigenvalue weighted by molar-refractivity contribution is 0.0526. The van der Waals surface area contributed by atoms with Crippen LogP contribution in [0.4, 0.5) is 5.69 Å². The van der Waals surface area contributed by atoms with Crippen LogP contribution in [0.15, 0.2) is 30.6 Å². The number of hydrogen-bond acceptors (Lipinski definition) is 5. The van der Waals surface area contributed by atoms with Crippen molar-refractivity contribution < 1.29 is 14.3 Å². The molecule has 0 spiro atoms. The van der Waals surface area contributed by atoms with Gasteiger partial charge in [0.15, 0.2) is 0 Å². The van der Waals surface area contributed by atoms with Gasteiger partial charge in [-0.25, -0.2) is 9.48 Å². The van der Waals surface area contributed by atoms with Crippen molar-refractivity contribution >= 4 is 17.6 Å². The third kappa shape index (κ3) is 2.61. The van der Waals surface area contributed by atoms with Crippen LogP contribution in [-0.4, -0.2) is 28.3 Å². The van der Waals surface area contributed by atoms with E-state index in [9.17, 15) is 9.59 Å². The minimum Gasteiger partial charge on any atom is -0.462 e. The number of nitrogens with two attached hydrogens (primary N) is 2. The van der Waals surface area contributed by atoms with Crippen LogP contribution in [0.3, 0.4) is 0 Å². The summed E-state index contributed by atoms with van der Waals surface area (Å²) in [7, 11) is 0. The van der Waals surface area contributed by atoms with Crippen LogP contribution < -0.4 is 11.5 Å². The van der Waals surface area contributed by atoms with E-state index in [1.165, 1.54) is 23.1 Å². The van der Waals surface area contributed by atoms with Crippen molar-refractivity contribution in [3.8, 4) is 5.69 Å². The Bertz CT molecular complexity index is 663. The van der Waals surface area contributed by atoms with E-state index in [0.717, 1.165) is 0 Å². The highest BCUT2D eigenvalue weighted by atomic mass is 16.5. The minimum atomic E-state index is -0.559. The van der Waals surface area contributed by atoms with Crippen LogP contribution in [0.5, 0.6) is 0 Å². The van der Waals surface area contributed by atoms with Crippen LogP contribution >= 0.6 is 0 Å². The third-order valence-corrected chi connectivity index (χ3v) is 2.65. The van der Waals surface area contributed by atoms with E-state index >= 15 is 0 Å². The quantitative estimate of drug-likeness (QED) is 0.630. The molecule has 7 heteroatoms. The molecule has 0 aliphatic carbocycles. The Morgan fingerprint density at radius 2 is 2.10 bits per heavy atom. The summed E-state index contributed by atoms with van der Waals surface area (Å²) in [4.78, 5) is 22.6. The lowest BCUT2D eigenvalue weighted by atomic mass is 10.1. The number of aromatic nitrogens is 2. The molecule has 0 fully saturated rings. The summed E-state index contributed by atoms with van der Waals surface area (Å²) in [5.41, 5.74) is 12.5. The fourth-order valence-corrected chi connectivity index (χ4v) is 1.69. The van der Waals surface area contributed by atoms with Gasteiger partial charge in [-0.2, -0.15) is 5.10 Å². The first-order chi connectivity index (χ1) is 9.52. The first kappa shape index (κ1) is 13.6. The minimum absolute atomic E-state index is 0.291. The Kier molecular flexibility index (Phi) is 3.69. The van der Waals surface area contributed by atoms with E-state index in [1.807, 2.05) is 0 Å². The van der Waals surface area contributed by atoms with Crippen molar-refractivity contribution in [2.75, 3.05) is 12.3 Å². The highest BCUT2D eigenvalue weighted by molar-refractivity contribution is 5.94. The SMILES string of the molecule is CCOC(=O)c1cnn(-c2ccc(C(N)=O)cc2N)c1. The molecule has 7 nitrogen and oxygen atoms in total. The Morgan fingerprint density at radius 1 is 1.35 bits per heavy atom. The third-order valence-electron chi connectivity index (χ3n) is 2.65. The number of ether oxygens (including phenoxy) is 1. The van der Waals surface area contributed by atoms with Crippen molar-refractivity contribution in [2.24, 2.45) is 5.73 Å². The van der Waals surface area contributed by atoms with Gasteiger partial charge in [0.25, 0.3) is 0 Å². The molecule has 1 aromatic heterocycles. The highest BCUT2D eigenvalue weighted by Crippen LogP contribution is 2.19. The van der Waals surface area contributed by atoms with E-state index in [1.54, 1.807) is 19.1 Å². The van der Waals surface area contributed by atoms with Gasteiger partial charge < -0.3 is 16.2 Å². The molecule has 0 unspecified atom stereocenters. The van der Waals surface area contributed by atoms with Crippen molar-refractivity contribution in [3.05, 3.63) is 41.7 Å². The molecule has 104 valence electrons. The van der Waals surface area contributed by atoms with Gasteiger partial charge in [0, 0.05) is 11.8 Å². The maximum absolute atomic E-state index is 11.5. The fourth-order valence-electron chi connectivity index (χ4n) is 1.69. The molecular formula is C13H14N4O3. The largest absolute Gasteiger partial charge is 0.462 e. The molecule has 0 bridgehead atoms. The molecule has 0 saturated heterocycles. The summed E-state index contributed by atoms with van der Waals surface area (Å²) < 4.78 is 6.31. The van der Waals surface area contributed by atoms with Crippen LogP contribution in [-0.2, 0) is 4.74 Å². The number of esters is 1. The molecule has 20 heavy (non-hydrogen) atoms. The fraction of sp³-hybridized carbons (Fsp3) is 0.154. The number of carbonyl (C=O) groups excluding carboxylic acids is 2. The van der Waals surface area contributed by atoms with E-state index in [-0.39, 0.29) is 0 Å². The van der Waals surface area contributed by atoms with Gasteiger partial charge in [0.1, 0.15) is 0 Å². The smallest absolute Gasteiger partial charge is 0.341 e. The first-order valence-electron chi connectivity index (χ1n) is 5.94. The molecule has 2 aromatic rings.